The zero-order valence-electron chi connectivity index (χ0n) is 11.4. The number of hydrogen-bond acceptors (Lipinski definition) is 8. The summed E-state index contributed by atoms with van der Waals surface area (Å²) in [5.41, 5.74) is -2.08. The first-order valence-corrected chi connectivity index (χ1v) is 8.60. The highest BCUT2D eigenvalue weighted by atomic mass is 32.7. The topological polar surface area (TPSA) is 120 Å². The Labute approximate surface area is 130 Å². The van der Waals surface area contributed by atoms with Gasteiger partial charge in [-0.1, -0.05) is 4.57 Å². The van der Waals surface area contributed by atoms with Crippen molar-refractivity contribution in [2.45, 2.75) is 31.0 Å². The van der Waals surface area contributed by atoms with Crippen LogP contribution in [0.15, 0.2) is 15.8 Å². The van der Waals surface area contributed by atoms with Gasteiger partial charge in [0.1, 0.15) is 18.8 Å². The Hall–Kier alpha value is -1.03. The zero-order valence-corrected chi connectivity index (χ0v) is 13.1. The van der Waals surface area contributed by atoms with Crippen LogP contribution in [-0.2, 0) is 30.8 Å². The molecule has 0 radical (unpaired) electrons. The van der Waals surface area contributed by atoms with Gasteiger partial charge in [0.15, 0.2) is 11.8 Å². The van der Waals surface area contributed by atoms with E-state index in [-0.39, 0.29) is 13.2 Å². The van der Waals surface area contributed by atoms with Crippen LogP contribution in [0.1, 0.15) is 11.8 Å². The lowest BCUT2D eigenvalue weighted by Crippen LogP contribution is -2.45. The van der Waals surface area contributed by atoms with Crippen LogP contribution in [0.25, 0.3) is 0 Å². The Bertz CT molecular complexity index is 734. The highest BCUT2D eigenvalue weighted by molar-refractivity contribution is 8.25. The first-order chi connectivity index (χ1) is 10.3. The van der Waals surface area contributed by atoms with Crippen molar-refractivity contribution in [3.05, 3.63) is 32.6 Å². The number of hydrogen-bond donors (Lipinski definition) is 2. The average molecular weight is 348 g/mol. The minimum atomic E-state index is -2.27. The van der Waals surface area contributed by atoms with Crippen molar-refractivity contribution in [3.8, 4) is 0 Å². The number of nitrogens with one attached hydrogen (secondary N) is 1. The van der Waals surface area contributed by atoms with Crippen molar-refractivity contribution in [3.63, 3.8) is 0 Å². The number of rotatable bonds is 4. The molecular weight excluding hydrogens is 335 g/mol. The van der Waals surface area contributed by atoms with E-state index >= 15 is 0 Å². The first kappa shape index (κ1) is 15.9. The quantitative estimate of drug-likeness (QED) is 0.530. The van der Waals surface area contributed by atoms with Gasteiger partial charge in [0, 0.05) is 11.8 Å². The molecule has 2 saturated heterocycles. The van der Waals surface area contributed by atoms with E-state index in [0.717, 1.165) is 4.57 Å². The van der Waals surface area contributed by atoms with Crippen molar-refractivity contribution >= 4 is 19.5 Å². The number of aliphatic hydroxyl groups excluding tert-OH is 1. The number of H-pyrrole nitrogens is 1. The summed E-state index contributed by atoms with van der Waals surface area (Å²) in [5.74, 6) is 0. The van der Waals surface area contributed by atoms with Crippen LogP contribution < -0.4 is 11.2 Å². The lowest BCUT2D eigenvalue weighted by molar-refractivity contribution is -0.184. The molecule has 0 aromatic carbocycles. The molecule has 3 rings (SSSR count). The molecule has 11 heteroatoms. The van der Waals surface area contributed by atoms with Gasteiger partial charge in [-0.05, 0) is 6.92 Å². The maximum atomic E-state index is 11.9. The van der Waals surface area contributed by atoms with Crippen LogP contribution in [0, 0.1) is 6.92 Å². The smallest absolute Gasteiger partial charge is 0.372 e. The molecule has 2 aliphatic heterocycles. The minimum absolute atomic E-state index is 0.0327. The van der Waals surface area contributed by atoms with Crippen molar-refractivity contribution in [1.82, 2.24) is 9.55 Å². The Morgan fingerprint density at radius 2 is 2.36 bits per heavy atom. The van der Waals surface area contributed by atoms with E-state index in [4.69, 9.17) is 14.0 Å². The van der Waals surface area contributed by atoms with E-state index in [0.29, 0.717) is 5.56 Å². The van der Waals surface area contributed by atoms with Gasteiger partial charge in [-0.2, -0.15) is 4.52 Å². The lowest BCUT2D eigenvalue weighted by Gasteiger charge is -2.29. The molecule has 0 saturated carbocycles. The summed E-state index contributed by atoms with van der Waals surface area (Å²) in [7, 11) is -2.27. The molecule has 1 aromatic rings. The van der Waals surface area contributed by atoms with Gasteiger partial charge in [0.05, 0.1) is 6.61 Å². The van der Waals surface area contributed by atoms with Gasteiger partial charge in [0.25, 0.3) is 5.56 Å². The fourth-order valence-corrected chi connectivity index (χ4v) is 3.16. The number of fused-ring (bicyclic) bond motifs is 2. The summed E-state index contributed by atoms with van der Waals surface area (Å²) < 4.78 is 28.2. The van der Waals surface area contributed by atoms with Crippen LogP contribution in [0.4, 0.5) is 0 Å². The van der Waals surface area contributed by atoms with Crippen LogP contribution in [0.2, 0.25) is 0 Å². The molecule has 5 atom stereocenters. The molecule has 22 heavy (non-hydrogen) atoms. The molecule has 1 aromatic heterocycles. The average Bonchev–Trinajstić information content (AvgIpc) is 2.91. The van der Waals surface area contributed by atoms with E-state index in [9.17, 15) is 19.3 Å². The van der Waals surface area contributed by atoms with Crippen molar-refractivity contribution in [2.24, 2.45) is 0 Å². The monoisotopic (exact) mass is 348 g/mol. The largest absolute Gasteiger partial charge is 0.408 e. The van der Waals surface area contributed by atoms with Crippen molar-refractivity contribution in [1.29, 1.82) is 0 Å². The number of aliphatic hydroxyl groups is 1. The number of nitrogens with zero attached hydrogens (tertiary/aromatic N) is 1. The Balaban J connectivity index is 1.92. The molecule has 2 aliphatic rings. The van der Waals surface area contributed by atoms with Crippen LogP contribution >= 0.6 is 7.23 Å². The fourth-order valence-electron chi connectivity index (χ4n) is 2.68. The maximum Gasteiger partial charge on any atom is 0.372 e. The third kappa shape index (κ3) is 2.45. The molecule has 9 nitrogen and oxygen atoms in total. The second-order valence-corrected chi connectivity index (χ2v) is 6.87. The van der Waals surface area contributed by atoms with Gasteiger partial charge in [-0.3, -0.25) is 14.3 Å². The first-order valence-electron chi connectivity index (χ1n) is 6.41. The van der Waals surface area contributed by atoms with Crippen molar-refractivity contribution < 1.29 is 23.7 Å². The van der Waals surface area contributed by atoms with E-state index in [1.54, 1.807) is 6.92 Å². The number of aryl methyl sites for hydroxylation is 1. The van der Waals surface area contributed by atoms with Crippen LogP contribution in [0.3, 0.4) is 0 Å². The molecule has 2 N–H and O–H groups in total. The fraction of sp³-hybridized carbons (Fsp3) is 0.636. The SMILES string of the molecule is Cc1cn([C@@H]2O[C@@]3(CO[P+](=O)[S-])COC2[C@@H]3O)c(=O)[nH]c1=O. The zero-order chi connectivity index (χ0) is 16.1. The predicted molar refractivity (Wildman–Crippen MR) is 75.6 cm³/mol. The second kappa shape index (κ2) is 5.55. The predicted octanol–water partition coefficient (Wildman–Crippen LogP) is -0.907. The third-order valence-corrected chi connectivity index (χ3v) is 4.50. The van der Waals surface area contributed by atoms with Crippen LogP contribution in [-0.4, -0.2) is 45.7 Å². The summed E-state index contributed by atoms with van der Waals surface area (Å²) in [6.45, 7) is 1.36. The second-order valence-electron chi connectivity index (χ2n) is 5.27. The van der Waals surface area contributed by atoms with Crippen molar-refractivity contribution in [2.75, 3.05) is 13.2 Å². The van der Waals surface area contributed by atoms with Gasteiger partial charge in [-0.15, -0.1) is 0 Å². The number of aromatic amines is 1. The minimum Gasteiger partial charge on any atom is -0.408 e. The standard InChI is InChI=1S/C11H13N2O7PS/c1-5-2-13(10(16)12-8(5)15)9-6-7(14)11(20-9,3-18-6)4-19-21(17)22/h2,6-7,9,14H,3-4H2,1H3,(H,12,15,16)/t6?,7-,9+,11+/m0/s1. The van der Waals surface area contributed by atoms with E-state index in [2.05, 4.69) is 17.2 Å². The van der Waals surface area contributed by atoms with E-state index in [1.807, 2.05) is 0 Å². The number of aromatic nitrogens is 2. The van der Waals surface area contributed by atoms with Gasteiger partial charge >= 0.3 is 12.9 Å². The molecule has 0 spiro atoms. The molecular formula is C11H13N2O7PS. The third-order valence-electron chi connectivity index (χ3n) is 3.84. The van der Waals surface area contributed by atoms with E-state index in [1.165, 1.54) is 6.20 Å². The maximum absolute atomic E-state index is 11.9. The molecule has 2 bridgehead atoms. The molecule has 120 valence electrons. The van der Waals surface area contributed by atoms with Gasteiger partial charge < -0.3 is 26.8 Å². The summed E-state index contributed by atoms with van der Waals surface area (Å²) in [5, 5.41) is 10.3. The summed E-state index contributed by atoms with van der Waals surface area (Å²) >= 11 is 4.45. The van der Waals surface area contributed by atoms with Gasteiger partial charge in [0.2, 0.25) is 0 Å². The summed E-state index contributed by atoms with van der Waals surface area (Å²) in [4.78, 5) is 25.5. The molecule has 0 aliphatic carbocycles. The van der Waals surface area contributed by atoms with Gasteiger partial charge in [-0.25, -0.2) is 4.79 Å². The summed E-state index contributed by atoms with van der Waals surface area (Å²) in [6, 6.07) is 0. The normalized spacial score (nSPS) is 34.1. The molecule has 2 unspecified atom stereocenters. The highest BCUT2D eigenvalue weighted by Crippen LogP contribution is 2.45. The lowest BCUT2D eigenvalue weighted by atomic mass is 10.0. The van der Waals surface area contributed by atoms with E-state index < -0.39 is 42.5 Å². The molecule has 2 fully saturated rings. The molecule has 0 amide bonds. The van der Waals surface area contributed by atoms with Crippen LogP contribution in [0.5, 0.6) is 0 Å². The Morgan fingerprint density at radius 1 is 1.64 bits per heavy atom. The molecule has 3 heterocycles. The number of ether oxygens (including phenoxy) is 2. The Kier molecular flexibility index (Phi) is 4.00. The highest BCUT2D eigenvalue weighted by Gasteiger charge is 2.62. The Morgan fingerprint density at radius 3 is 3.05 bits per heavy atom. The summed E-state index contributed by atoms with van der Waals surface area (Å²) in [6.07, 6.45) is -1.44.